The van der Waals surface area contributed by atoms with Crippen LogP contribution in [0.25, 0.3) is 6.08 Å². The van der Waals surface area contributed by atoms with Crippen LogP contribution in [-0.2, 0) is 9.53 Å². The average Bonchev–Trinajstić information content (AvgIpc) is 2.90. The summed E-state index contributed by atoms with van der Waals surface area (Å²) < 4.78 is 5.42. The van der Waals surface area contributed by atoms with E-state index in [1.54, 1.807) is 24.3 Å². The molecule has 1 aromatic carbocycles. The van der Waals surface area contributed by atoms with Crippen LogP contribution in [0.1, 0.15) is 18.4 Å². The van der Waals surface area contributed by atoms with Crippen molar-refractivity contribution in [3.8, 4) is 0 Å². The normalized spacial score (nSPS) is 18.9. The number of amides is 1. The molecule has 5 heteroatoms. The quantitative estimate of drug-likeness (QED) is 0.866. The summed E-state index contributed by atoms with van der Waals surface area (Å²) in [6.45, 7) is 1.33. The second kappa shape index (κ2) is 6.94. The van der Waals surface area contributed by atoms with Gasteiger partial charge in [-0.25, -0.2) is 0 Å². The fraction of sp³-hybridized carbons (Fsp3) is 0.357. The van der Waals surface area contributed by atoms with E-state index < -0.39 is 0 Å². The van der Waals surface area contributed by atoms with Crippen molar-refractivity contribution < 1.29 is 9.53 Å². The van der Waals surface area contributed by atoms with E-state index in [0.717, 1.165) is 25.0 Å². The first-order valence-electron chi connectivity index (χ1n) is 6.18. The van der Waals surface area contributed by atoms with Gasteiger partial charge in [0.2, 0.25) is 5.91 Å². The van der Waals surface area contributed by atoms with Crippen LogP contribution in [0.4, 0.5) is 0 Å². The Balaban J connectivity index is 1.86. The molecule has 19 heavy (non-hydrogen) atoms. The van der Waals surface area contributed by atoms with Crippen LogP contribution in [0.5, 0.6) is 0 Å². The minimum atomic E-state index is -0.161. The third kappa shape index (κ3) is 4.53. The number of hydrogen-bond donors (Lipinski definition) is 1. The molecule has 0 saturated carbocycles. The standard InChI is InChI=1S/C14H15Cl2NO2/c15-11-4-5-13(16)10(8-11)3-6-14(18)17-9-12-2-1-7-19-12/h3-6,8,12H,1-2,7,9H2,(H,17,18)/b6-3+. The lowest BCUT2D eigenvalue weighted by Crippen LogP contribution is -2.30. The highest BCUT2D eigenvalue weighted by atomic mass is 35.5. The monoisotopic (exact) mass is 299 g/mol. The number of carbonyl (C=O) groups is 1. The molecule has 0 aliphatic carbocycles. The molecular weight excluding hydrogens is 285 g/mol. The maximum atomic E-state index is 11.6. The van der Waals surface area contributed by atoms with Crippen LogP contribution in [0.2, 0.25) is 10.0 Å². The topological polar surface area (TPSA) is 38.3 Å². The number of hydrogen-bond acceptors (Lipinski definition) is 2. The zero-order valence-electron chi connectivity index (χ0n) is 10.4. The van der Waals surface area contributed by atoms with Gasteiger partial charge in [0, 0.05) is 29.3 Å². The Morgan fingerprint density at radius 1 is 1.47 bits per heavy atom. The summed E-state index contributed by atoms with van der Waals surface area (Å²) in [6.07, 6.45) is 5.32. The number of halogens is 2. The molecule has 1 N–H and O–H groups in total. The molecule has 1 aliphatic heterocycles. The van der Waals surface area contributed by atoms with Gasteiger partial charge in [0.1, 0.15) is 0 Å². The van der Waals surface area contributed by atoms with E-state index in [4.69, 9.17) is 27.9 Å². The molecule has 1 unspecified atom stereocenters. The molecule has 0 radical (unpaired) electrons. The van der Waals surface area contributed by atoms with Gasteiger partial charge in [-0.3, -0.25) is 4.79 Å². The molecule has 1 saturated heterocycles. The Labute approximate surface area is 122 Å². The Morgan fingerprint density at radius 3 is 3.05 bits per heavy atom. The lowest BCUT2D eigenvalue weighted by atomic mass is 10.2. The van der Waals surface area contributed by atoms with E-state index in [1.807, 2.05) is 0 Å². The number of ether oxygens (including phenoxy) is 1. The van der Waals surface area contributed by atoms with Crippen LogP contribution < -0.4 is 5.32 Å². The van der Waals surface area contributed by atoms with E-state index in [2.05, 4.69) is 5.32 Å². The van der Waals surface area contributed by atoms with Crippen LogP contribution in [-0.4, -0.2) is 25.2 Å². The first-order valence-corrected chi connectivity index (χ1v) is 6.93. The summed E-state index contributed by atoms with van der Waals surface area (Å²) in [5.74, 6) is -0.161. The molecule has 3 nitrogen and oxygen atoms in total. The Hall–Kier alpha value is -1.03. The first-order chi connectivity index (χ1) is 9.15. The lowest BCUT2D eigenvalue weighted by Gasteiger charge is -2.08. The van der Waals surface area contributed by atoms with Crippen LogP contribution in [0.15, 0.2) is 24.3 Å². The molecular formula is C14H15Cl2NO2. The van der Waals surface area contributed by atoms with Gasteiger partial charge in [0.05, 0.1) is 6.10 Å². The summed E-state index contributed by atoms with van der Waals surface area (Å²) in [6, 6.07) is 5.13. The van der Waals surface area contributed by atoms with Crippen molar-refractivity contribution in [2.75, 3.05) is 13.2 Å². The maximum absolute atomic E-state index is 11.6. The predicted molar refractivity (Wildman–Crippen MR) is 77.5 cm³/mol. The van der Waals surface area contributed by atoms with E-state index in [1.165, 1.54) is 6.08 Å². The molecule has 1 fully saturated rings. The second-order valence-corrected chi connectivity index (χ2v) is 5.22. The van der Waals surface area contributed by atoms with E-state index in [-0.39, 0.29) is 12.0 Å². The summed E-state index contributed by atoms with van der Waals surface area (Å²) in [5.41, 5.74) is 0.724. The van der Waals surface area contributed by atoms with Crippen molar-refractivity contribution >= 4 is 35.2 Å². The summed E-state index contributed by atoms with van der Waals surface area (Å²) >= 11 is 11.9. The average molecular weight is 300 g/mol. The number of rotatable bonds is 4. The molecule has 1 aromatic rings. The van der Waals surface area contributed by atoms with Gasteiger partial charge < -0.3 is 10.1 Å². The summed E-state index contributed by atoms with van der Waals surface area (Å²) in [7, 11) is 0. The highest BCUT2D eigenvalue weighted by Crippen LogP contribution is 2.21. The zero-order chi connectivity index (χ0) is 13.7. The third-order valence-electron chi connectivity index (χ3n) is 2.90. The molecule has 0 spiro atoms. The SMILES string of the molecule is O=C(/C=C/c1cc(Cl)ccc1Cl)NCC1CCCO1. The summed E-state index contributed by atoms with van der Waals surface area (Å²) in [5, 5.41) is 3.95. The van der Waals surface area contributed by atoms with E-state index in [0.29, 0.717) is 16.6 Å². The second-order valence-electron chi connectivity index (χ2n) is 4.38. The number of nitrogens with one attached hydrogen (secondary N) is 1. The van der Waals surface area contributed by atoms with Crippen molar-refractivity contribution in [2.45, 2.75) is 18.9 Å². The van der Waals surface area contributed by atoms with Gasteiger partial charge in [0.25, 0.3) is 0 Å². The first kappa shape index (κ1) is 14.4. The Morgan fingerprint density at radius 2 is 2.32 bits per heavy atom. The Bertz CT molecular complexity index is 482. The zero-order valence-corrected chi connectivity index (χ0v) is 11.9. The fourth-order valence-electron chi connectivity index (χ4n) is 1.89. The molecule has 1 aliphatic rings. The molecule has 0 bridgehead atoms. The van der Waals surface area contributed by atoms with Gasteiger partial charge in [-0.1, -0.05) is 23.2 Å². The predicted octanol–water partition coefficient (Wildman–Crippen LogP) is 3.30. The third-order valence-corrected chi connectivity index (χ3v) is 3.48. The number of benzene rings is 1. The highest BCUT2D eigenvalue weighted by Gasteiger charge is 2.15. The largest absolute Gasteiger partial charge is 0.376 e. The van der Waals surface area contributed by atoms with Crippen molar-refractivity contribution in [2.24, 2.45) is 0 Å². The van der Waals surface area contributed by atoms with Crippen molar-refractivity contribution in [1.82, 2.24) is 5.32 Å². The Kier molecular flexibility index (Phi) is 5.25. The lowest BCUT2D eigenvalue weighted by molar-refractivity contribution is -0.116. The van der Waals surface area contributed by atoms with Gasteiger partial charge in [-0.15, -0.1) is 0 Å². The number of carbonyl (C=O) groups excluding carboxylic acids is 1. The highest BCUT2D eigenvalue weighted by molar-refractivity contribution is 6.34. The van der Waals surface area contributed by atoms with Crippen molar-refractivity contribution in [3.05, 3.63) is 39.9 Å². The minimum absolute atomic E-state index is 0.145. The smallest absolute Gasteiger partial charge is 0.244 e. The molecule has 1 amide bonds. The van der Waals surface area contributed by atoms with Gasteiger partial charge in [-0.2, -0.15) is 0 Å². The molecule has 102 valence electrons. The molecule has 1 atom stereocenters. The van der Waals surface area contributed by atoms with Crippen molar-refractivity contribution in [1.29, 1.82) is 0 Å². The van der Waals surface area contributed by atoms with Gasteiger partial charge >= 0.3 is 0 Å². The molecule has 0 aromatic heterocycles. The van der Waals surface area contributed by atoms with E-state index >= 15 is 0 Å². The van der Waals surface area contributed by atoms with Gasteiger partial charge in [-0.05, 0) is 42.7 Å². The fourth-order valence-corrected chi connectivity index (χ4v) is 2.25. The van der Waals surface area contributed by atoms with Crippen molar-refractivity contribution in [3.63, 3.8) is 0 Å². The van der Waals surface area contributed by atoms with Crippen LogP contribution >= 0.6 is 23.2 Å². The van der Waals surface area contributed by atoms with Gasteiger partial charge in [0.15, 0.2) is 0 Å². The van der Waals surface area contributed by atoms with Crippen LogP contribution in [0.3, 0.4) is 0 Å². The summed E-state index contributed by atoms with van der Waals surface area (Å²) in [4.78, 5) is 11.6. The van der Waals surface area contributed by atoms with E-state index in [9.17, 15) is 4.79 Å². The molecule has 2 rings (SSSR count). The van der Waals surface area contributed by atoms with Crippen LogP contribution in [0, 0.1) is 0 Å². The maximum Gasteiger partial charge on any atom is 0.244 e. The molecule has 1 heterocycles. The minimum Gasteiger partial charge on any atom is -0.376 e.